The number of hydrogen-bond donors (Lipinski definition) is 1. The summed E-state index contributed by atoms with van der Waals surface area (Å²) < 4.78 is 11.2. The van der Waals surface area contributed by atoms with Gasteiger partial charge < -0.3 is 14.8 Å². The SMILES string of the molecule is CCCCOc1cc(/C=C(\Cl)c2nnc(C(=O)NCc3ccccc3)s2)ccc1OC. The van der Waals surface area contributed by atoms with Crippen LogP contribution in [0.3, 0.4) is 0 Å². The minimum absolute atomic E-state index is 0.260. The van der Waals surface area contributed by atoms with Gasteiger partial charge in [-0.05, 0) is 35.8 Å². The lowest BCUT2D eigenvalue weighted by atomic mass is 10.2. The maximum Gasteiger partial charge on any atom is 0.282 e. The van der Waals surface area contributed by atoms with Crippen LogP contribution in [-0.2, 0) is 6.54 Å². The lowest BCUT2D eigenvalue weighted by molar-refractivity contribution is 0.0950. The number of unbranched alkanes of at least 4 members (excludes halogenated alkanes) is 1. The molecule has 3 aromatic rings. The van der Waals surface area contributed by atoms with Crippen molar-refractivity contribution >= 4 is 40.0 Å². The molecule has 162 valence electrons. The Hall–Kier alpha value is -2.90. The Morgan fingerprint density at radius 3 is 2.65 bits per heavy atom. The third-order valence-electron chi connectivity index (χ3n) is 4.36. The Morgan fingerprint density at radius 2 is 1.90 bits per heavy atom. The Morgan fingerprint density at radius 1 is 1.13 bits per heavy atom. The summed E-state index contributed by atoms with van der Waals surface area (Å²) >= 11 is 7.59. The number of amides is 1. The number of rotatable bonds is 10. The van der Waals surface area contributed by atoms with Gasteiger partial charge in [-0.1, -0.05) is 72.7 Å². The monoisotopic (exact) mass is 457 g/mol. The van der Waals surface area contributed by atoms with Gasteiger partial charge in [0.2, 0.25) is 5.01 Å². The first-order chi connectivity index (χ1) is 15.1. The van der Waals surface area contributed by atoms with Gasteiger partial charge in [0.05, 0.1) is 18.7 Å². The molecule has 0 bridgehead atoms. The lowest BCUT2D eigenvalue weighted by Gasteiger charge is -2.11. The number of nitrogens with one attached hydrogen (secondary N) is 1. The van der Waals surface area contributed by atoms with Gasteiger partial charge >= 0.3 is 0 Å². The minimum atomic E-state index is -0.284. The van der Waals surface area contributed by atoms with Crippen molar-refractivity contribution < 1.29 is 14.3 Å². The molecular formula is C23H24ClN3O3S. The van der Waals surface area contributed by atoms with E-state index >= 15 is 0 Å². The lowest BCUT2D eigenvalue weighted by Crippen LogP contribution is -2.22. The van der Waals surface area contributed by atoms with E-state index in [9.17, 15) is 4.79 Å². The van der Waals surface area contributed by atoms with Crippen LogP contribution >= 0.6 is 22.9 Å². The maximum absolute atomic E-state index is 12.4. The molecule has 6 nitrogen and oxygen atoms in total. The maximum atomic E-state index is 12.4. The smallest absolute Gasteiger partial charge is 0.282 e. The van der Waals surface area contributed by atoms with Crippen molar-refractivity contribution in [3.8, 4) is 11.5 Å². The summed E-state index contributed by atoms with van der Waals surface area (Å²) in [6.07, 6.45) is 3.77. The van der Waals surface area contributed by atoms with Gasteiger partial charge in [0, 0.05) is 6.54 Å². The van der Waals surface area contributed by atoms with E-state index in [-0.39, 0.29) is 10.9 Å². The molecule has 0 fully saturated rings. The fraction of sp³-hybridized carbons (Fsp3) is 0.261. The number of benzene rings is 2. The topological polar surface area (TPSA) is 73.3 Å². The summed E-state index contributed by atoms with van der Waals surface area (Å²) in [5.41, 5.74) is 1.84. The number of ether oxygens (including phenoxy) is 2. The van der Waals surface area contributed by atoms with Gasteiger partial charge in [-0.25, -0.2) is 0 Å². The Kier molecular flexibility index (Phi) is 8.44. The van der Waals surface area contributed by atoms with Crippen LogP contribution in [0.15, 0.2) is 48.5 Å². The third-order valence-corrected chi connectivity index (χ3v) is 5.71. The van der Waals surface area contributed by atoms with Gasteiger partial charge in [-0.3, -0.25) is 4.79 Å². The van der Waals surface area contributed by atoms with Crippen molar-refractivity contribution in [2.45, 2.75) is 26.3 Å². The van der Waals surface area contributed by atoms with Gasteiger partial charge in [-0.2, -0.15) is 0 Å². The molecule has 0 aliphatic heterocycles. The molecule has 8 heteroatoms. The number of methoxy groups -OCH3 is 1. The second-order valence-corrected chi connectivity index (χ2v) is 8.07. The van der Waals surface area contributed by atoms with Crippen LogP contribution in [0, 0.1) is 0 Å². The van der Waals surface area contributed by atoms with Crippen molar-refractivity contribution in [1.82, 2.24) is 15.5 Å². The van der Waals surface area contributed by atoms with Gasteiger partial charge in [-0.15, -0.1) is 10.2 Å². The molecule has 3 rings (SSSR count). The zero-order chi connectivity index (χ0) is 22.1. The highest BCUT2D eigenvalue weighted by Crippen LogP contribution is 2.31. The second kappa shape index (κ2) is 11.5. The predicted octanol–water partition coefficient (Wildman–Crippen LogP) is 5.39. The third kappa shape index (κ3) is 6.54. The van der Waals surface area contributed by atoms with E-state index in [1.165, 1.54) is 0 Å². The summed E-state index contributed by atoms with van der Waals surface area (Å²) in [4.78, 5) is 12.4. The summed E-state index contributed by atoms with van der Waals surface area (Å²) in [5.74, 6) is 1.04. The van der Waals surface area contributed by atoms with Crippen molar-refractivity contribution in [3.05, 3.63) is 69.7 Å². The first kappa shape index (κ1) is 22.8. The minimum Gasteiger partial charge on any atom is -0.493 e. The van der Waals surface area contributed by atoms with Crippen LogP contribution in [-0.4, -0.2) is 29.8 Å². The van der Waals surface area contributed by atoms with E-state index in [0.717, 1.165) is 35.3 Å². The first-order valence-corrected chi connectivity index (χ1v) is 11.1. The Labute approximate surface area is 190 Å². The van der Waals surface area contributed by atoms with E-state index in [4.69, 9.17) is 21.1 Å². The van der Waals surface area contributed by atoms with Crippen LogP contribution < -0.4 is 14.8 Å². The van der Waals surface area contributed by atoms with Crippen LogP contribution in [0.5, 0.6) is 11.5 Å². The van der Waals surface area contributed by atoms with E-state index in [2.05, 4.69) is 22.4 Å². The van der Waals surface area contributed by atoms with Crippen LogP contribution in [0.25, 0.3) is 11.1 Å². The molecule has 0 saturated carbocycles. The normalized spacial score (nSPS) is 11.3. The molecule has 2 aromatic carbocycles. The highest BCUT2D eigenvalue weighted by Gasteiger charge is 2.15. The van der Waals surface area contributed by atoms with Gasteiger partial charge in [0.15, 0.2) is 16.5 Å². The molecule has 0 aliphatic rings. The molecular weight excluding hydrogens is 434 g/mol. The van der Waals surface area contributed by atoms with Crippen molar-refractivity contribution in [3.63, 3.8) is 0 Å². The fourth-order valence-electron chi connectivity index (χ4n) is 2.70. The summed E-state index contributed by atoms with van der Waals surface area (Å²) in [6.45, 7) is 3.15. The molecule has 0 radical (unpaired) electrons. The number of carbonyl (C=O) groups excluding carboxylic acids is 1. The average molecular weight is 458 g/mol. The summed E-state index contributed by atoms with van der Waals surface area (Å²) in [6, 6.07) is 15.2. The molecule has 0 unspecified atom stereocenters. The number of hydrogen-bond acceptors (Lipinski definition) is 6. The van der Waals surface area contributed by atoms with Crippen molar-refractivity contribution in [2.24, 2.45) is 0 Å². The van der Waals surface area contributed by atoms with Crippen LogP contribution in [0.4, 0.5) is 0 Å². The number of nitrogens with zero attached hydrogens (tertiary/aromatic N) is 2. The van der Waals surface area contributed by atoms with Crippen LogP contribution in [0.1, 0.15) is 45.7 Å². The number of halogens is 1. The summed E-state index contributed by atoms with van der Waals surface area (Å²) in [5, 5.41) is 12.0. The molecule has 0 saturated heterocycles. The largest absolute Gasteiger partial charge is 0.493 e. The second-order valence-electron chi connectivity index (χ2n) is 6.69. The quantitative estimate of drug-likeness (QED) is 0.413. The highest BCUT2D eigenvalue weighted by atomic mass is 35.5. The molecule has 1 N–H and O–H groups in total. The fourth-order valence-corrected chi connectivity index (χ4v) is 3.64. The molecule has 1 heterocycles. The zero-order valence-corrected chi connectivity index (χ0v) is 19.0. The Balaban J connectivity index is 1.68. The first-order valence-electron chi connectivity index (χ1n) is 9.94. The highest BCUT2D eigenvalue weighted by molar-refractivity contribution is 7.15. The number of aromatic nitrogens is 2. The van der Waals surface area contributed by atoms with Crippen LogP contribution in [0.2, 0.25) is 0 Å². The molecule has 1 amide bonds. The Bertz CT molecular complexity index is 1040. The summed E-state index contributed by atoms with van der Waals surface area (Å²) in [7, 11) is 1.61. The average Bonchev–Trinajstić information content (AvgIpc) is 3.29. The number of carbonyl (C=O) groups is 1. The van der Waals surface area contributed by atoms with Crippen molar-refractivity contribution in [1.29, 1.82) is 0 Å². The zero-order valence-electron chi connectivity index (χ0n) is 17.4. The molecule has 0 spiro atoms. The molecule has 0 atom stereocenters. The standard InChI is InChI=1S/C23H24ClN3O3S/c1-3-4-12-30-20-14-17(10-11-19(20)29-2)13-18(24)22-26-27-23(31-22)21(28)25-15-16-8-6-5-7-9-16/h5-11,13-14H,3-4,12,15H2,1-2H3,(H,25,28)/b18-13-. The van der Waals surface area contributed by atoms with Gasteiger partial charge in [0.1, 0.15) is 0 Å². The van der Waals surface area contributed by atoms with E-state index in [1.807, 2.05) is 48.5 Å². The molecule has 1 aromatic heterocycles. The molecule has 0 aliphatic carbocycles. The predicted molar refractivity (Wildman–Crippen MR) is 125 cm³/mol. The molecule has 31 heavy (non-hydrogen) atoms. The van der Waals surface area contributed by atoms with Crippen molar-refractivity contribution in [2.75, 3.05) is 13.7 Å². The van der Waals surface area contributed by atoms with E-state index < -0.39 is 0 Å². The van der Waals surface area contributed by atoms with E-state index in [0.29, 0.717) is 34.7 Å². The van der Waals surface area contributed by atoms with Gasteiger partial charge in [0.25, 0.3) is 5.91 Å². The van der Waals surface area contributed by atoms with E-state index in [1.54, 1.807) is 13.2 Å².